The van der Waals surface area contributed by atoms with Crippen molar-refractivity contribution in [2.45, 2.75) is 18.2 Å². The third kappa shape index (κ3) is 3.54. The first kappa shape index (κ1) is 14.5. The molecule has 1 amide bonds. The predicted molar refractivity (Wildman–Crippen MR) is 67.4 cm³/mol. The minimum Gasteiger partial charge on any atom is -0.406 e. The molecule has 1 unspecified atom stereocenters. The minimum absolute atomic E-state index is 0.165. The first-order chi connectivity index (χ1) is 8.76. The van der Waals surface area contributed by atoms with Gasteiger partial charge in [-0.1, -0.05) is 0 Å². The molecule has 1 fully saturated rings. The summed E-state index contributed by atoms with van der Waals surface area (Å²) < 4.78 is 40.8. The van der Waals surface area contributed by atoms with Gasteiger partial charge in [0.1, 0.15) is 5.75 Å². The van der Waals surface area contributed by atoms with Crippen molar-refractivity contribution >= 4 is 39.1 Å². The molecule has 0 aromatic heterocycles. The number of carbonyl (C=O) groups excluding carboxylic acids is 1. The summed E-state index contributed by atoms with van der Waals surface area (Å²) in [4.78, 5) is 13.0. The third-order valence-corrected chi connectivity index (χ3v) is 3.48. The van der Waals surface area contributed by atoms with Crippen molar-refractivity contribution in [1.29, 1.82) is 0 Å². The summed E-state index contributed by atoms with van der Waals surface area (Å²) in [7, 11) is 0. The maximum Gasteiger partial charge on any atom is 0.573 e. The van der Waals surface area contributed by atoms with Gasteiger partial charge in [-0.3, -0.25) is 4.79 Å². The van der Waals surface area contributed by atoms with Gasteiger partial charge >= 0.3 is 6.36 Å². The molecule has 1 aliphatic rings. The van der Waals surface area contributed by atoms with E-state index in [4.69, 9.17) is 11.6 Å². The van der Waals surface area contributed by atoms with Crippen molar-refractivity contribution in [2.24, 2.45) is 0 Å². The maximum absolute atomic E-state index is 12.2. The van der Waals surface area contributed by atoms with Crippen LogP contribution in [0.2, 0.25) is 0 Å². The zero-order valence-electron chi connectivity index (χ0n) is 9.38. The molecule has 104 valence electrons. The van der Waals surface area contributed by atoms with Crippen molar-refractivity contribution in [2.75, 3.05) is 11.4 Å². The van der Waals surface area contributed by atoms with Gasteiger partial charge in [0.15, 0.2) is 0 Å². The van der Waals surface area contributed by atoms with E-state index in [0.717, 1.165) is 6.07 Å². The fraction of sp³-hybridized carbons (Fsp3) is 0.364. The molecule has 8 heteroatoms. The van der Waals surface area contributed by atoms with Gasteiger partial charge in [-0.2, -0.15) is 0 Å². The molecule has 0 aliphatic carbocycles. The minimum atomic E-state index is -4.77. The summed E-state index contributed by atoms with van der Waals surface area (Å²) in [5.41, 5.74) is 0.315. The Morgan fingerprint density at radius 2 is 2.11 bits per heavy atom. The van der Waals surface area contributed by atoms with Crippen LogP contribution in [-0.4, -0.2) is 24.2 Å². The standard InChI is InChI=1S/C11H8BrClF3NO2/c12-8-2-1-7(19-11(14,15)16)4-9(8)17-5-6(13)3-10(17)18/h1-2,4,6H,3,5H2. The quantitative estimate of drug-likeness (QED) is 0.755. The summed E-state index contributed by atoms with van der Waals surface area (Å²) in [5.74, 6) is -0.610. The summed E-state index contributed by atoms with van der Waals surface area (Å²) >= 11 is 9.05. The number of rotatable bonds is 2. The number of anilines is 1. The molecule has 1 aromatic rings. The number of hydrogen-bond donors (Lipinski definition) is 0. The highest BCUT2D eigenvalue weighted by atomic mass is 79.9. The van der Waals surface area contributed by atoms with Crippen molar-refractivity contribution in [3.8, 4) is 5.75 Å². The van der Waals surface area contributed by atoms with E-state index in [0.29, 0.717) is 10.2 Å². The van der Waals surface area contributed by atoms with Crippen LogP contribution in [0.1, 0.15) is 6.42 Å². The number of hydrogen-bond acceptors (Lipinski definition) is 2. The molecule has 0 saturated carbocycles. The van der Waals surface area contributed by atoms with Gasteiger partial charge in [-0.25, -0.2) is 0 Å². The Balaban J connectivity index is 2.30. The van der Waals surface area contributed by atoms with Crippen molar-refractivity contribution < 1.29 is 22.7 Å². The maximum atomic E-state index is 12.2. The zero-order valence-corrected chi connectivity index (χ0v) is 11.7. The number of ether oxygens (including phenoxy) is 1. The van der Waals surface area contributed by atoms with Crippen LogP contribution in [0.3, 0.4) is 0 Å². The second-order valence-corrected chi connectivity index (χ2v) is 5.44. The number of halogens is 5. The van der Waals surface area contributed by atoms with Gasteiger partial charge in [0.2, 0.25) is 5.91 Å². The molecule has 19 heavy (non-hydrogen) atoms. The van der Waals surface area contributed by atoms with E-state index in [-0.39, 0.29) is 30.0 Å². The molecule has 2 rings (SSSR count). The van der Waals surface area contributed by atoms with Crippen LogP contribution in [0.25, 0.3) is 0 Å². The number of benzene rings is 1. The normalized spacial score (nSPS) is 19.9. The van der Waals surface area contributed by atoms with E-state index in [1.807, 2.05) is 0 Å². The molecular weight excluding hydrogens is 350 g/mol. The molecular formula is C11H8BrClF3NO2. The molecule has 0 radical (unpaired) electrons. The molecule has 1 atom stereocenters. The van der Waals surface area contributed by atoms with Gasteiger partial charge in [0, 0.05) is 23.5 Å². The van der Waals surface area contributed by atoms with Crippen LogP contribution in [0.4, 0.5) is 18.9 Å². The van der Waals surface area contributed by atoms with Gasteiger partial charge in [0.25, 0.3) is 0 Å². The number of carbonyl (C=O) groups is 1. The summed E-state index contributed by atoms with van der Waals surface area (Å²) in [6.07, 6.45) is -4.60. The fourth-order valence-corrected chi connectivity index (χ4v) is 2.52. The lowest BCUT2D eigenvalue weighted by molar-refractivity contribution is -0.274. The summed E-state index contributed by atoms with van der Waals surface area (Å²) in [6, 6.07) is 3.72. The first-order valence-electron chi connectivity index (χ1n) is 5.26. The van der Waals surface area contributed by atoms with Crippen LogP contribution in [0, 0.1) is 0 Å². The number of alkyl halides is 4. The molecule has 1 aliphatic heterocycles. The van der Waals surface area contributed by atoms with Crippen LogP contribution in [0.15, 0.2) is 22.7 Å². The first-order valence-corrected chi connectivity index (χ1v) is 6.49. The number of amides is 1. The smallest absolute Gasteiger partial charge is 0.406 e. The van der Waals surface area contributed by atoms with E-state index >= 15 is 0 Å². The van der Waals surface area contributed by atoms with E-state index in [2.05, 4.69) is 20.7 Å². The topological polar surface area (TPSA) is 29.5 Å². The predicted octanol–water partition coefficient (Wildman–Crippen LogP) is 3.69. The molecule has 3 nitrogen and oxygen atoms in total. The Kier molecular flexibility index (Phi) is 3.96. The monoisotopic (exact) mass is 357 g/mol. The Morgan fingerprint density at radius 3 is 2.63 bits per heavy atom. The van der Waals surface area contributed by atoms with Crippen molar-refractivity contribution in [1.82, 2.24) is 0 Å². The molecule has 1 saturated heterocycles. The van der Waals surface area contributed by atoms with Gasteiger partial charge in [-0.15, -0.1) is 24.8 Å². The summed E-state index contributed by atoms with van der Waals surface area (Å²) in [5, 5.41) is -0.341. The second kappa shape index (κ2) is 5.20. The highest BCUT2D eigenvalue weighted by molar-refractivity contribution is 9.10. The van der Waals surface area contributed by atoms with E-state index in [1.165, 1.54) is 17.0 Å². The molecule has 0 N–H and O–H groups in total. The molecule has 1 aromatic carbocycles. The van der Waals surface area contributed by atoms with Crippen LogP contribution < -0.4 is 9.64 Å². The SMILES string of the molecule is O=C1CC(Cl)CN1c1cc(OC(F)(F)F)ccc1Br. The van der Waals surface area contributed by atoms with Gasteiger partial charge in [0.05, 0.1) is 11.1 Å². The van der Waals surface area contributed by atoms with Crippen LogP contribution in [0.5, 0.6) is 5.75 Å². The van der Waals surface area contributed by atoms with Gasteiger partial charge in [-0.05, 0) is 28.1 Å². The Morgan fingerprint density at radius 1 is 1.42 bits per heavy atom. The van der Waals surface area contributed by atoms with E-state index in [9.17, 15) is 18.0 Å². The summed E-state index contributed by atoms with van der Waals surface area (Å²) in [6.45, 7) is 0.258. The molecule has 0 bridgehead atoms. The largest absolute Gasteiger partial charge is 0.573 e. The van der Waals surface area contributed by atoms with Crippen LogP contribution >= 0.6 is 27.5 Å². The van der Waals surface area contributed by atoms with Gasteiger partial charge < -0.3 is 9.64 Å². The lowest BCUT2D eigenvalue weighted by Crippen LogP contribution is -2.25. The van der Waals surface area contributed by atoms with Crippen molar-refractivity contribution in [3.63, 3.8) is 0 Å². The Labute approximate surface area is 120 Å². The van der Waals surface area contributed by atoms with E-state index in [1.54, 1.807) is 0 Å². The fourth-order valence-electron chi connectivity index (χ4n) is 1.79. The molecule has 0 spiro atoms. The van der Waals surface area contributed by atoms with Crippen LogP contribution in [-0.2, 0) is 4.79 Å². The highest BCUT2D eigenvalue weighted by Crippen LogP contribution is 2.35. The molecule has 1 heterocycles. The van der Waals surface area contributed by atoms with Crippen molar-refractivity contribution in [3.05, 3.63) is 22.7 Å². The zero-order chi connectivity index (χ0) is 14.2. The Bertz CT molecular complexity index is 509. The Hall–Kier alpha value is -0.950. The average molecular weight is 359 g/mol. The second-order valence-electron chi connectivity index (χ2n) is 3.97. The third-order valence-electron chi connectivity index (χ3n) is 2.52. The average Bonchev–Trinajstić information content (AvgIpc) is 2.58. The lowest BCUT2D eigenvalue weighted by Gasteiger charge is -2.19. The van der Waals surface area contributed by atoms with E-state index < -0.39 is 6.36 Å². The number of nitrogens with zero attached hydrogens (tertiary/aromatic N) is 1. The highest BCUT2D eigenvalue weighted by Gasteiger charge is 2.33. The lowest BCUT2D eigenvalue weighted by atomic mass is 10.3.